The molecule has 2 rings (SSSR count). The molecule has 2 aromatic rings. The second kappa shape index (κ2) is 8.07. The van der Waals surface area contributed by atoms with E-state index in [1.807, 2.05) is 31.2 Å². The first kappa shape index (κ1) is 18.2. The average Bonchev–Trinajstić information content (AvgIpc) is 2.54. The van der Waals surface area contributed by atoms with Crippen molar-refractivity contribution in [3.8, 4) is 0 Å². The number of halogens is 3. The Morgan fingerprint density at radius 2 is 2.00 bits per heavy atom. The summed E-state index contributed by atoms with van der Waals surface area (Å²) < 4.78 is 37.6. The molecule has 24 heavy (non-hydrogen) atoms. The molecule has 0 aliphatic carbocycles. The summed E-state index contributed by atoms with van der Waals surface area (Å²) in [5.74, 6) is -0.0779. The largest absolute Gasteiger partial charge is 0.433 e. The number of aliphatic hydroxyl groups excluding tert-OH is 1. The lowest BCUT2D eigenvalue weighted by Crippen LogP contribution is -2.27. The van der Waals surface area contributed by atoms with Crippen LogP contribution >= 0.6 is 0 Å². The van der Waals surface area contributed by atoms with Gasteiger partial charge < -0.3 is 15.7 Å². The Balaban J connectivity index is 1.73. The topological polar surface area (TPSA) is 70.1 Å². The highest BCUT2D eigenvalue weighted by atomic mass is 19.4. The Kier molecular flexibility index (Phi) is 6.10. The van der Waals surface area contributed by atoms with E-state index in [1.54, 1.807) is 0 Å². The Morgan fingerprint density at radius 1 is 1.21 bits per heavy atom. The van der Waals surface area contributed by atoms with Gasteiger partial charge in [0.15, 0.2) is 0 Å². The molecule has 8 heteroatoms. The maximum atomic E-state index is 12.5. The molecule has 1 heterocycles. The van der Waals surface area contributed by atoms with E-state index in [2.05, 4.69) is 20.6 Å². The highest BCUT2D eigenvalue weighted by molar-refractivity contribution is 5.26. The predicted octanol–water partition coefficient (Wildman–Crippen LogP) is 2.54. The molecule has 0 spiro atoms. The zero-order valence-corrected chi connectivity index (χ0v) is 13.1. The zero-order chi connectivity index (χ0) is 17.6. The normalized spacial score (nSPS) is 12.9. The second-order valence-corrected chi connectivity index (χ2v) is 5.32. The molecular weight excluding hydrogens is 321 g/mol. The number of aliphatic hydroxyl groups is 1. The highest BCUT2D eigenvalue weighted by Crippen LogP contribution is 2.27. The Morgan fingerprint density at radius 3 is 2.71 bits per heavy atom. The smallest absolute Gasteiger partial charge is 0.387 e. The zero-order valence-electron chi connectivity index (χ0n) is 13.1. The summed E-state index contributed by atoms with van der Waals surface area (Å²) >= 11 is 0. The van der Waals surface area contributed by atoms with Gasteiger partial charge in [0, 0.05) is 25.8 Å². The first-order valence-electron chi connectivity index (χ1n) is 7.46. The third-order valence-corrected chi connectivity index (χ3v) is 3.30. The quantitative estimate of drug-likeness (QED) is 0.676. The van der Waals surface area contributed by atoms with Gasteiger partial charge in [-0.1, -0.05) is 29.8 Å². The highest BCUT2D eigenvalue weighted by Gasteiger charge is 2.32. The minimum atomic E-state index is -4.49. The lowest BCUT2D eigenvalue weighted by molar-refractivity contribution is -0.141. The van der Waals surface area contributed by atoms with Crippen molar-refractivity contribution in [1.82, 2.24) is 15.3 Å². The van der Waals surface area contributed by atoms with Crippen LogP contribution in [0.4, 0.5) is 19.1 Å². The van der Waals surface area contributed by atoms with Crippen LogP contribution in [0.1, 0.15) is 22.9 Å². The average molecular weight is 340 g/mol. The SMILES string of the molecule is Cc1cccc(C(O)CNCCNc2nccc(C(F)(F)F)n2)c1. The van der Waals surface area contributed by atoms with Crippen LogP contribution in [0.2, 0.25) is 0 Å². The molecule has 0 saturated carbocycles. The van der Waals surface area contributed by atoms with Crippen molar-refractivity contribution in [2.75, 3.05) is 25.0 Å². The van der Waals surface area contributed by atoms with E-state index >= 15 is 0 Å². The van der Waals surface area contributed by atoms with Crippen molar-refractivity contribution in [2.24, 2.45) is 0 Å². The molecule has 0 bridgehead atoms. The van der Waals surface area contributed by atoms with E-state index in [9.17, 15) is 18.3 Å². The fourth-order valence-corrected chi connectivity index (χ4v) is 2.10. The Hall–Kier alpha value is -2.19. The predicted molar refractivity (Wildman–Crippen MR) is 84.5 cm³/mol. The van der Waals surface area contributed by atoms with Gasteiger partial charge in [-0.05, 0) is 18.6 Å². The summed E-state index contributed by atoms with van der Waals surface area (Å²) in [6.07, 6.45) is -4.07. The van der Waals surface area contributed by atoms with E-state index in [4.69, 9.17) is 0 Å². The van der Waals surface area contributed by atoms with Gasteiger partial charge in [-0.25, -0.2) is 9.97 Å². The van der Waals surface area contributed by atoms with Crippen molar-refractivity contribution in [1.29, 1.82) is 0 Å². The van der Waals surface area contributed by atoms with Crippen LogP contribution in [-0.2, 0) is 6.18 Å². The van der Waals surface area contributed by atoms with Crippen LogP contribution in [0.3, 0.4) is 0 Å². The number of rotatable bonds is 7. The molecule has 1 atom stereocenters. The lowest BCUT2D eigenvalue weighted by atomic mass is 10.1. The molecule has 0 radical (unpaired) electrons. The van der Waals surface area contributed by atoms with E-state index in [-0.39, 0.29) is 5.95 Å². The first-order chi connectivity index (χ1) is 11.4. The molecule has 3 N–H and O–H groups in total. The van der Waals surface area contributed by atoms with Gasteiger partial charge in [-0.3, -0.25) is 0 Å². The van der Waals surface area contributed by atoms with Crippen LogP contribution < -0.4 is 10.6 Å². The molecule has 0 fully saturated rings. The Bertz CT molecular complexity index is 664. The number of aryl methyl sites for hydroxylation is 1. The number of nitrogens with zero attached hydrogens (tertiary/aromatic N) is 2. The van der Waals surface area contributed by atoms with Crippen LogP contribution in [0, 0.1) is 6.92 Å². The van der Waals surface area contributed by atoms with Crippen LogP contribution in [0.15, 0.2) is 36.5 Å². The van der Waals surface area contributed by atoms with Crippen molar-refractivity contribution < 1.29 is 18.3 Å². The number of benzene rings is 1. The number of anilines is 1. The van der Waals surface area contributed by atoms with Gasteiger partial charge in [-0.2, -0.15) is 13.2 Å². The number of nitrogens with one attached hydrogen (secondary N) is 2. The van der Waals surface area contributed by atoms with Crippen LogP contribution in [0.5, 0.6) is 0 Å². The monoisotopic (exact) mass is 340 g/mol. The van der Waals surface area contributed by atoms with Gasteiger partial charge in [-0.15, -0.1) is 0 Å². The molecule has 1 unspecified atom stereocenters. The maximum absolute atomic E-state index is 12.5. The fourth-order valence-electron chi connectivity index (χ4n) is 2.10. The molecule has 0 amide bonds. The van der Waals surface area contributed by atoms with Gasteiger partial charge in [0.05, 0.1) is 6.10 Å². The molecule has 0 aliphatic heterocycles. The second-order valence-electron chi connectivity index (χ2n) is 5.32. The number of aromatic nitrogens is 2. The van der Waals surface area contributed by atoms with E-state index < -0.39 is 18.0 Å². The van der Waals surface area contributed by atoms with Crippen LogP contribution in [-0.4, -0.2) is 34.7 Å². The van der Waals surface area contributed by atoms with Crippen LogP contribution in [0.25, 0.3) is 0 Å². The molecule has 5 nitrogen and oxygen atoms in total. The third-order valence-electron chi connectivity index (χ3n) is 3.30. The Labute approximate surface area is 138 Å². The number of alkyl halides is 3. The van der Waals surface area contributed by atoms with Gasteiger partial charge >= 0.3 is 6.18 Å². The van der Waals surface area contributed by atoms with Crippen molar-refractivity contribution in [3.63, 3.8) is 0 Å². The number of hydrogen-bond donors (Lipinski definition) is 3. The summed E-state index contributed by atoms with van der Waals surface area (Å²) in [6.45, 7) is 3.07. The van der Waals surface area contributed by atoms with E-state index in [1.165, 1.54) is 0 Å². The summed E-state index contributed by atoms with van der Waals surface area (Å²) in [6, 6.07) is 8.39. The van der Waals surface area contributed by atoms with Gasteiger partial charge in [0.2, 0.25) is 5.95 Å². The molecule has 0 aliphatic rings. The van der Waals surface area contributed by atoms with Gasteiger partial charge in [0.1, 0.15) is 5.69 Å². The number of hydrogen-bond acceptors (Lipinski definition) is 5. The first-order valence-corrected chi connectivity index (χ1v) is 7.46. The lowest BCUT2D eigenvalue weighted by Gasteiger charge is -2.13. The van der Waals surface area contributed by atoms with Crippen molar-refractivity contribution in [2.45, 2.75) is 19.2 Å². The van der Waals surface area contributed by atoms with E-state index in [0.717, 1.165) is 23.4 Å². The van der Waals surface area contributed by atoms with Crippen molar-refractivity contribution >= 4 is 5.95 Å². The van der Waals surface area contributed by atoms with E-state index in [0.29, 0.717) is 19.6 Å². The van der Waals surface area contributed by atoms with Crippen molar-refractivity contribution in [3.05, 3.63) is 53.3 Å². The standard InChI is InChI=1S/C16H19F3N4O/c1-11-3-2-4-12(9-11)13(24)10-20-7-8-22-15-21-6-5-14(23-15)16(17,18)19/h2-6,9,13,20,24H,7-8,10H2,1H3,(H,21,22,23). The van der Waals surface area contributed by atoms with Gasteiger partial charge in [0.25, 0.3) is 0 Å². The minimum absolute atomic E-state index is 0.0779. The summed E-state index contributed by atoms with van der Waals surface area (Å²) in [7, 11) is 0. The summed E-state index contributed by atoms with van der Waals surface area (Å²) in [4.78, 5) is 7.15. The molecular formula is C16H19F3N4O. The molecule has 130 valence electrons. The minimum Gasteiger partial charge on any atom is -0.387 e. The molecule has 1 aromatic heterocycles. The summed E-state index contributed by atoms with van der Waals surface area (Å²) in [5, 5.41) is 15.8. The molecule has 0 saturated heterocycles. The maximum Gasteiger partial charge on any atom is 0.433 e. The fraction of sp³-hybridized carbons (Fsp3) is 0.375. The molecule has 1 aromatic carbocycles. The third kappa shape index (κ3) is 5.47. The summed E-state index contributed by atoms with van der Waals surface area (Å²) in [5.41, 5.74) is 0.898.